The predicted molar refractivity (Wildman–Crippen MR) is 169 cm³/mol. The zero-order valence-electron chi connectivity index (χ0n) is 25.0. The number of hydrogen-bond acceptors (Lipinski definition) is 4. The monoisotopic (exact) mass is 585 g/mol. The molecule has 0 aliphatic carbocycles. The van der Waals surface area contributed by atoms with Crippen LogP contribution in [0.25, 0.3) is 5.57 Å². The summed E-state index contributed by atoms with van der Waals surface area (Å²) in [5.74, 6) is 0.778. The van der Waals surface area contributed by atoms with Crippen LogP contribution in [0.15, 0.2) is 72.3 Å². The molecule has 1 fully saturated rings. The molecule has 0 saturated carbocycles. The molecule has 220 valence electrons. The molecule has 1 N–H and O–H groups in total. The Kier molecular flexibility index (Phi) is 9.34. The molecule has 3 aromatic carbocycles. The van der Waals surface area contributed by atoms with Gasteiger partial charge in [-0.15, -0.1) is 0 Å². The molecule has 1 saturated heterocycles. The molecule has 2 bridgehead atoms. The van der Waals surface area contributed by atoms with Gasteiger partial charge in [0.2, 0.25) is 5.91 Å². The highest BCUT2D eigenvalue weighted by atomic mass is 35.5. The van der Waals surface area contributed by atoms with Crippen molar-refractivity contribution in [3.8, 4) is 5.75 Å². The van der Waals surface area contributed by atoms with E-state index < -0.39 is 0 Å². The van der Waals surface area contributed by atoms with Crippen LogP contribution in [-0.4, -0.2) is 67.0 Å². The molecule has 2 unspecified atom stereocenters. The summed E-state index contributed by atoms with van der Waals surface area (Å²) >= 11 is 6.38. The third-order valence-electron chi connectivity index (χ3n) is 8.50. The molecule has 2 aliphatic heterocycles. The van der Waals surface area contributed by atoms with E-state index in [-0.39, 0.29) is 23.9 Å². The summed E-state index contributed by atoms with van der Waals surface area (Å²) in [5, 5.41) is 4.27. The van der Waals surface area contributed by atoms with Gasteiger partial charge in [-0.3, -0.25) is 9.59 Å². The van der Waals surface area contributed by atoms with Gasteiger partial charge in [0.25, 0.3) is 5.91 Å². The van der Waals surface area contributed by atoms with E-state index in [9.17, 15) is 9.59 Å². The molecule has 2 aliphatic rings. The lowest BCUT2D eigenvalue weighted by Gasteiger charge is -2.44. The molecule has 2 heterocycles. The summed E-state index contributed by atoms with van der Waals surface area (Å²) in [7, 11) is 1.87. The Morgan fingerprint density at radius 2 is 1.67 bits per heavy atom. The molecule has 3 aromatic rings. The van der Waals surface area contributed by atoms with Gasteiger partial charge in [0.1, 0.15) is 5.75 Å². The fourth-order valence-electron chi connectivity index (χ4n) is 5.89. The molecular formula is C35H40ClN3O3. The Hall–Kier alpha value is -3.61. The van der Waals surface area contributed by atoms with Crippen molar-refractivity contribution in [2.24, 2.45) is 0 Å². The van der Waals surface area contributed by atoms with Crippen molar-refractivity contribution in [1.29, 1.82) is 0 Å². The minimum atomic E-state index is -0.195. The summed E-state index contributed by atoms with van der Waals surface area (Å²) < 4.78 is 6.00. The maximum Gasteiger partial charge on any atom is 0.251 e. The number of hydrogen-bond donors (Lipinski definition) is 1. The van der Waals surface area contributed by atoms with Gasteiger partial charge in [-0.1, -0.05) is 66.2 Å². The number of carbonyl (C=O) groups excluding carboxylic acids is 2. The van der Waals surface area contributed by atoms with Crippen molar-refractivity contribution < 1.29 is 14.3 Å². The molecular weight excluding hydrogens is 546 g/mol. The van der Waals surface area contributed by atoms with E-state index in [4.69, 9.17) is 16.3 Å². The summed E-state index contributed by atoms with van der Waals surface area (Å²) in [4.78, 5) is 30.0. The third-order valence-corrected chi connectivity index (χ3v) is 8.80. The number of ether oxygens (including phenoxy) is 1. The fraction of sp³-hybridized carbons (Fsp3) is 0.371. The number of carbonyl (C=O) groups is 2. The fourth-order valence-corrected chi connectivity index (χ4v) is 6.16. The van der Waals surface area contributed by atoms with Crippen molar-refractivity contribution in [2.45, 2.75) is 52.1 Å². The first kappa shape index (κ1) is 29.9. The lowest BCUT2D eigenvalue weighted by atomic mass is 9.82. The number of aryl methyl sites for hydroxylation is 2. The van der Waals surface area contributed by atoms with Gasteiger partial charge in [0.15, 0.2) is 0 Å². The van der Waals surface area contributed by atoms with Gasteiger partial charge in [-0.2, -0.15) is 0 Å². The molecule has 2 amide bonds. The lowest BCUT2D eigenvalue weighted by Crippen LogP contribution is -2.61. The van der Waals surface area contributed by atoms with Crippen LogP contribution in [0, 0.1) is 13.8 Å². The van der Waals surface area contributed by atoms with Crippen molar-refractivity contribution in [3.05, 3.63) is 105 Å². The molecule has 0 radical (unpaired) electrons. The number of rotatable bonds is 9. The first-order valence-electron chi connectivity index (χ1n) is 14.7. The van der Waals surface area contributed by atoms with Crippen LogP contribution in [0.2, 0.25) is 5.02 Å². The number of halogens is 1. The van der Waals surface area contributed by atoms with Crippen LogP contribution in [-0.2, 0) is 22.4 Å². The van der Waals surface area contributed by atoms with E-state index in [1.165, 1.54) is 5.56 Å². The smallest absolute Gasteiger partial charge is 0.251 e. The molecule has 42 heavy (non-hydrogen) atoms. The zero-order chi connectivity index (χ0) is 29.8. The Morgan fingerprint density at radius 1 is 0.976 bits per heavy atom. The average Bonchev–Trinajstić information content (AvgIpc) is 2.98. The normalized spacial score (nSPS) is 18.2. The Labute approximate surface area is 254 Å². The summed E-state index contributed by atoms with van der Waals surface area (Å²) in [6.45, 7) is 7.99. The summed E-state index contributed by atoms with van der Waals surface area (Å²) in [6, 6.07) is 22.6. The second-order valence-corrected chi connectivity index (χ2v) is 12.0. The SMILES string of the molecule is CC(=O)N1CC2CC(c3ccc(CCOc4cc(C)c(C)cc4Cl)cc3)=C(C(=O)N(C)CCc3ccccc3)C(C1)N2. The van der Waals surface area contributed by atoms with Gasteiger partial charge in [0.05, 0.1) is 17.7 Å². The minimum absolute atomic E-state index is 0.0185. The maximum absolute atomic E-state index is 14.0. The van der Waals surface area contributed by atoms with E-state index in [0.717, 1.165) is 46.2 Å². The summed E-state index contributed by atoms with van der Waals surface area (Å²) in [6.07, 6.45) is 2.23. The number of amides is 2. The van der Waals surface area contributed by atoms with Gasteiger partial charge in [0, 0.05) is 51.6 Å². The lowest BCUT2D eigenvalue weighted by molar-refractivity contribution is -0.132. The molecule has 0 aromatic heterocycles. The van der Waals surface area contributed by atoms with Crippen LogP contribution >= 0.6 is 11.6 Å². The third kappa shape index (κ3) is 6.88. The van der Waals surface area contributed by atoms with E-state index in [1.54, 1.807) is 6.92 Å². The molecule has 5 rings (SSSR count). The highest BCUT2D eigenvalue weighted by Gasteiger charge is 2.39. The van der Waals surface area contributed by atoms with Gasteiger partial charge in [-0.05, 0) is 72.2 Å². The van der Waals surface area contributed by atoms with Crippen molar-refractivity contribution >= 4 is 29.0 Å². The maximum atomic E-state index is 14.0. The molecule has 7 heteroatoms. The Bertz CT molecular complexity index is 1470. The number of nitrogens with zero attached hydrogens (tertiary/aromatic N) is 2. The standard InChI is InChI=1S/C35H40ClN3O3/c1-23-18-31(36)33(19-24(23)2)42-17-15-27-10-12-28(13-11-27)30-20-29-21-39(25(3)40)22-32(37-29)34(30)35(41)38(4)16-14-26-8-6-5-7-9-26/h5-13,18-19,29,32,37H,14-17,20-22H2,1-4H3. The van der Waals surface area contributed by atoms with Crippen LogP contribution in [0.3, 0.4) is 0 Å². The topological polar surface area (TPSA) is 61.9 Å². The second kappa shape index (κ2) is 13.1. The van der Waals surface area contributed by atoms with Crippen molar-refractivity contribution in [2.75, 3.05) is 33.3 Å². The van der Waals surface area contributed by atoms with Crippen LogP contribution in [0.1, 0.15) is 41.2 Å². The van der Waals surface area contributed by atoms with E-state index in [1.807, 2.05) is 54.1 Å². The second-order valence-electron chi connectivity index (χ2n) is 11.6. The van der Waals surface area contributed by atoms with E-state index in [2.05, 4.69) is 48.6 Å². The number of fused-ring (bicyclic) bond motifs is 2. The molecule has 0 spiro atoms. The number of nitrogens with one attached hydrogen (secondary N) is 1. The van der Waals surface area contributed by atoms with E-state index in [0.29, 0.717) is 43.4 Å². The number of benzene rings is 3. The van der Waals surface area contributed by atoms with Gasteiger partial charge < -0.3 is 19.9 Å². The largest absolute Gasteiger partial charge is 0.492 e. The first-order chi connectivity index (χ1) is 20.2. The van der Waals surface area contributed by atoms with E-state index >= 15 is 0 Å². The Balaban J connectivity index is 1.34. The minimum Gasteiger partial charge on any atom is -0.492 e. The van der Waals surface area contributed by atoms with Gasteiger partial charge >= 0.3 is 0 Å². The molecule has 6 nitrogen and oxygen atoms in total. The van der Waals surface area contributed by atoms with Gasteiger partial charge in [-0.25, -0.2) is 0 Å². The number of piperazine rings is 1. The van der Waals surface area contributed by atoms with Crippen LogP contribution in [0.4, 0.5) is 0 Å². The summed E-state index contributed by atoms with van der Waals surface area (Å²) in [5.41, 5.74) is 7.57. The zero-order valence-corrected chi connectivity index (χ0v) is 25.7. The highest BCUT2D eigenvalue weighted by molar-refractivity contribution is 6.32. The van der Waals surface area contributed by atoms with Crippen molar-refractivity contribution in [1.82, 2.24) is 15.1 Å². The quantitative estimate of drug-likeness (QED) is 0.354. The average molecular weight is 586 g/mol. The Morgan fingerprint density at radius 3 is 2.38 bits per heavy atom. The first-order valence-corrected chi connectivity index (χ1v) is 15.1. The molecule has 2 atom stereocenters. The predicted octanol–water partition coefficient (Wildman–Crippen LogP) is 5.63. The number of likely N-dealkylation sites (N-methyl/N-ethyl adjacent to an activating group) is 1. The van der Waals surface area contributed by atoms with Crippen LogP contribution in [0.5, 0.6) is 5.75 Å². The van der Waals surface area contributed by atoms with Crippen LogP contribution < -0.4 is 10.1 Å². The highest BCUT2D eigenvalue weighted by Crippen LogP contribution is 2.34. The van der Waals surface area contributed by atoms with Crippen molar-refractivity contribution in [3.63, 3.8) is 0 Å².